The molecule has 0 radical (unpaired) electrons. The van der Waals surface area contributed by atoms with Gasteiger partial charge in [0.25, 0.3) is 11.6 Å². The van der Waals surface area contributed by atoms with Crippen molar-refractivity contribution < 1.29 is 18.9 Å². The van der Waals surface area contributed by atoms with E-state index in [1.54, 1.807) is 12.1 Å². The van der Waals surface area contributed by atoms with Crippen LogP contribution in [0.2, 0.25) is 0 Å². The van der Waals surface area contributed by atoms with Crippen molar-refractivity contribution >= 4 is 11.6 Å². The van der Waals surface area contributed by atoms with Crippen LogP contribution in [-0.4, -0.2) is 10.8 Å². The van der Waals surface area contributed by atoms with Crippen molar-refractivity contribution in [3.05, 3.63) is 93.9 Å². The van der Waals surface area contributed by atoms with E-state index in [1.807, 2.05) is 37.3 Å². The number of carbonyl (C=O) groups is 1. The number of non-ortho nitro benzene ring substituents is 1. The summed E-state index contributed by atoms with van der Waals surface area (Å²) < 4.78 is 11.1. The third-order valence-electron chi connectivity index (χ3n) is 4.23. The largest absolute Gasteiger partial charge is 0.486 e. The lowest BCUT2D eigenvalue weighted by Gasteiger charge is -2.16. The molecule has 0 fully saturated rings. The Morgan fingerprint density at radius 2 is 1.82 bits per heavy atom. The van der Waals surface area contributed by atoms with E-state index in [2.05, 4.69) is 5.32 Å². The van der Waals surface area contributed by atoms with Gasteiger partial charge < -0.3 is 14.5 Å². The number of nitro groups is 1. The van der Waals surface area contributed by atoms with Gasteiger partial charge >= 0.3 is 0 Å². The fourth-order valence-corrected chi connectivity index (χ4v) is 2.73. The average molecular weight is 380 g/mol. The van der Waals surface area contributed by atoms with Gasteiger partial charge in [-0.2, -0.15) is 0 Å². The number of carbonyl (C=O) groups excluding carboxylic acids is 1. The number of nitro benzene ring substituents is 1. The summed E-state index contributed by atoms with van der Waals surface area (Å²) in [4.78, 5) is 22.7. The first-order valence-corrected chi connectivity index (χ1v) is 8.88. The summed E-state index contributed by atoms with van der Waals surface area (Å²) >= 11 is 0. The molecule has 0 aliphatic carbocycles. The molecule has 7 nitrogen and oxygen atoms in total. The summed E-state index contributed by atoms with van der Waals surface area (Å²) in [5, 5.41) is 13.6. The second-order valence-corrected chi connectivity index (χ2v) is 6.15. The highest BCUT2D eigenvalue weighted by atomic mass is 16.6. The second-order valence-electron chi connectivity index (χ2n) is 6.15. The van der Waals surface area contributed by atoms with Gasteiger partial charge in [0, 0.05) is 12.1 Å². The maximum Gasteiger partial charge on any atom is 0.287 e. The predicted molar refractivity (Wildman–Crippen MR) is 103 cm³/mol. The van der Waals surface area contributed by atoms with E-state index in [1.165, 1.54) is 24.3 Å². The fourth-order valence-electron chi connectivity index (χ4n) is 2.73. The molecule has 28 heavy (non-hydrogen) atoms. The Morgan fingerprint density at radius 1 is 1.11 bits per heavy atom. The number of ether oxygens (including phenoxy) is 1. The van der Waals surface area contributed by atoms with E-state index in [0.29, 0.717) is 11.5 Å². The lowest BCUT2D eigenvalue weighted by molar-refractivity contribution is -0.384. The van der Waals surface area contributed by atoms with Crippen LogP contribution in [0.5, 0.6) is 5.75 Å². The number of furan rings is 1. The first-order chi connectivity index (χ1) is 13.6. The van der Waals surface area contributed by atoms with Crippen LogP contribution >= 0.6 is 0 Å². The standard InChI is InChI=1S/C21H20N2O5/c1-2-19(15-6-4-3-5-7-15)22-21(24)20-13-12-18(28-20)14-27-17-10-8-16(9-11-17)23(25)26/h3-13,19H,2,14H2,1H3,(H,22,24). The quantitative estimate of drug-likeness (QED) is 0.453. The fraction of sp³-hybridized carbons (Fsp3) is 0.190. The zero-order valence-corrected chi connectivity index (χ0v) is 15.3. The molecule has 3 aromatic rings. The Balaban J connectivity index is 1.58. The van der Waals surface area contributed by atoms with Crippen LogP contribution in [0.25, 0.3) is 0 Å². The van der Waals surface area contributed by atoms with Crippen molar-refractivity contribution in [2.45, 2.75) is 26.0 Å². The van der Waals surface area contributed by atoms with Gasteiger partial charge in [-0.25, -0.2) is 0 Å². The number of nitrogens with zero attached hydrogens (tertiary/aromatic N) is 1. The van der Waals surface area contributed by atoms with Gasteiger partial charge in [0.05, 0.1) is 11.0 Å². The first-order valence-electron chi connectivity index (χ1n) is 8.88. The maximum absolute atomic E-state index is 12.5. The average Bonchev–Trinajstić information content (AvgIpc) is 3.20. The summed E-state index contributed by atoms with van der Waals surface area (Å²) in [6.45, 7) is 2.12. The number of hydrogen-bond donors (Lipinski definition) is 1. The normalized spacial score (nSPS) is 11.6. The molecule has 7 heteroatoms. The van der Waals surface area contributed by atoms with Crippen molar-refractivity contribution in [1.29, 1.82) is 0 Å². The minimum absolute atomic E-state index is 0.00630. The van der Waals surface area contributed by atoms with Gasteiger partial charge in [-0.05, 0) is 36.2 Å². The first kappa shape index (κ1) is 19.2. The van der Waals surface area contributed by atoms with Crippen molar-refractivity contribution in [3.8, 4) is 5.75 Å². The Bertz CT molecular complexity index is 935. The van der Waals surface area contributed by atoms with Gasteiger partial charge in [-0.3, -0.25) is 14.9 Å². The van der Waals surface area contributed by atoms with Crippen molar-refractivity contribution in [2.75, 3.05) is 0 Å². The van der Waals surface area contributed by atoms with Crippen LogP contribution in [0, 0.1) is 10.1 Å². The van der Waals surface area contributed by atoms with Crippen LogP contribution in [0.4, 0.5) is 5.69 Å². The lowest BCUT2D eigenvalue weighted by atomic mass is 10.0. The van der Waals surface area contributed by atoms with Crippen LogP contribution < -0.4 is 10.1 Å². The van der Waals surface area contributed by atoms with Crippen LogP contribution in [0.3, 0.4) is 0 Å². The molecule has 3 rings (SSSR count). The number of rotatable bonds is 8. The molecule has 1 aromatic heterocycles. The highest BCUT2D eigenvalue weighted by Gasteiger charge is 2.17. The van der Waals surface area contributed by atoms with Crippen LogP contribution in [0.15, 0.2) is 71.1 Å². The summed E-state index contributed by atoms with van der Waals surface area (Å²) in [6.07, 6.45) is 0.757. The molecule has 1 atom stereocenters. The SMILES string of the molecule is CCC(NC(=O)c1ccc(COc2ccc([N+](=O)[O-])cc2)o1)c1ccccc1. The molecule has 0 spiro atoms. The molecule has 2 aromatic carbocycles. The van der Waals surface area contributed by atoms with Crippen LogP contribution in [0.1, 0.15) is 41.3 Å². The van der Waals surface area contributed by atoms with E-state index in [4.69, 9.17) is 9.15 Å². The summed E-state index contributed by atoms with van der Waals surface area (Å²) in [7, 11) is 0. The van der Waals surface area contributed by atoms with E-state index in [9.17, 15) is 14.9 Å². The van der Waals surface area contributed by atoms with E-state index < -0.39 is 4.92 Å². The zero-order valence-electron chi connectivity index (χ0n) is 15.3. The molecule has 0 bridgehead atoms. The minimum Gasteiger partial charge on any atom is -0.486 e. The Hall–Kier alpha value is -3.61. The van der Waals surface area contributed by atoms with Gasteiger partial charge in [-0.15, -0.1) is 0 Å². The van der Waals surface area contributed by atoms with Crippen molar-refractivity contribution in [2.24, 2.45) is 0 Å². The van der Waals surface area contributed by atoms with E-state index in [0.717, 1.165) is 12.0 Å². The van der Waals surface area contributed by atoms with Gasteiger partial charge in [0.2, 0.25) is 0 Å². The third-order valence-corrected chi connectivity index (χ3v) is 4.23. The number of nitrogens with one attached hydrogen (secondary N) is 1. The van der Waals surface area contributed by atoms with E-state index in [-0.39, 0.29) is 30.0 Å². The number of amides is 1. The smallest absolute Gasteiger partial charge is 0.287 e. The molecule has 0 saturated heterocycles. The second kappa shape index (κ2) is 8.85. The Kier molecular flexibility index (Phi) is 6.06. The summed E-state index contributed by atoms with van der Waals surface area (Å²) in [5.74, 6) is 0.869. The third kappa shape index (κ3) is 4.76. The Morgan fingerprint density at radius 3 is 2.46 bits per heavy atom. The molecule has 1 heterocycles. The monoisotopic (exact) mass is 380 g/mol. The molecule has 1 N–H and O–H groups in total. The predicted octanol–water partition coefficient (Wildman–Crippen LogP) is 4.65. The molecule has 0 saturated carbocycles. The summed E-state index contributed by atoms with van der Waals surface area (Å²) in [5.41, 5.74) is 1.03. The highest BCUT2D eigenvalue weighted by Crippen LogP contribution is 2.20. The van der Waals surface area contributed by atoms with Crippen LogP contribution in [-0.2, 0) is 6.61 Å². The summed E-state index contributed by atoms with van der Waals surface area (Å²) in [6, 6.07) is 18.7. The number of hydrogen-bond acceptors (Lipinski definition) is 5. The number of benzene rings is 2. The van der Waals surface area contributed by atoms with E-state index >= 15 is 0 Å². The molecule has 1 unspecified atom stereocenters. The molecule has 144 valence electrons. The molecule has 0 aliphatic heterocycles. The molecular weight excluding hydrogens is 360 g/mol. The van der Waals surface area contributed by atoms with Gasteiger partial charge in [0.15, 0.2) is 5.76 Å². The van der Waals surface area contributed by atoms with Crippen molar-refractivity contribution in [3.63, 3.8) is 0 Å². The van der Waals surface area contributed by atoms with Gasteiger partial charge in [0.1, 0.15) is 18.1 Å². The lowest BCUT2D eigenvalue weighted by Crippen LogP contribution is -2.27. The molecule has 1 amide bonds. The molecular formula is C21H20N2O5. The molecule has 0 aliphatic rings. The van der Waals surface area contributed by atoms with Crippen molar-refractivity contribution in [1.82, 2.24) is 5.32 Å². The minimum atomic E-state index is -0.472. The zero-order chi connectivity index (χ0) is 19.9. The van der Waals surface area contributed by atoms with Gasteiger partial charge in [-0.1, -0.05) is 37.3 Å². The highest BCUT2D eigenvalue weighted by molar-refractivity contribution is 5.91. The Labute approximate surface area is 162 Å². The topological polar surface area (TPSA) is 94.6 Å². The maximum atomic E-state index is 12.5.